The van der Waals surface area contributed by atoms with Crippen LogP contribution in [0.2, 0.25) is 0 Å². The van der Waals surface area contributed by atoms with Crippen molar-refractivity contribution >= 4 is 123 Å². The molecule has 2 aliphatic heterocycles. The molecule has 0 bridgehead atoms. The second-order valence-electron chi connectivity index (χ2n) is 32.9. The third-order valence-corrected chi connectivity index (χ3v) is 23.3. The summed E-state index contributed by atoms with van der Waals surface area (Å²) in [6, 6.07) is 127. The average molecular weight is 1390 g/mol. The van der Waals surface area contributed by atoms with Crippen LogP contribution in [0.25, 0.3) is 127 Å². The zero-order valence-electron chi connectivity index (χ0n) is 62.6. The Balaban J connectivity index is 0.935. The lowest BCUT2D eigenvalue weighted by molar-refractivity contribution is 0.590. The first kappa shape index (κ1) is 64.9. The van der Waals surface area contributed by atoms with Crippen LogP contribution in [0.5, 0.6) is 0 Å². The van der Waals surface area contributed by atoms with E-state index >= 15 is 0 Å². The predicted molar refractivity (Wildman–Crippen MR) is 461 cm³/mol. The van der Waals surface area contributed by atoms with Gasteiger partial charge in [0.15, 0.2) is 0 Å². The molecule has 0 saturated heterocycles. The minimum Gasteiger partial charge on any atom is -0.310 e. The maximum absolute atomic E-state index is 2.71. The molecule has 15 aromatic carbocycles. The van der Waals surface area contributed by atoms with Crippen LogP contribution in [0.3, 0.4) is 0 Å². The SMILES string of the molecule is CC(C)(C)c1cc2c3c(c1)N(c1c(-c4ccccc4)cccc1-c1ccccc1)c1cc(-n4c5ccccc5c5cc6c(cc54)c4ccccc4n6-c4ccccc4)ccc1B3c1ccc(-n3c4ccc(C(C)(C)C)cc4c4cc(C(C)(C)C)ccc43)cc1N2c1c(-c2ccccc2)cccc1-c1ccccc1. The van der Waals surface area contributed by atoms with Gasteiger partial charge in [0, 0.05) is 94.4 Å². The first-order valence-electron chi connectivity index (χ1n) is 38.2. The fourth-order valence-electron chi connectivity index (χ4n) is 17.9. The Morgan fingerprint density at radius 2 is 0.546 bits per heavy atom. The molecule has 0 N–H and O–H groups in total. The van der Waals surface area contributed by atoms with Crippen molar-refractivity contribution in [1.29, 1.82) is 0 Å². The largest absolute Gasteiger partial charge is 0.310 e. The molecule has 18 aromatic rings. The van der Waals surface area contributed by atoms with Crippen LogP contribution >= 0.6 is 0 Å². The number of aromatic nitrogens is 3. The molecule has 518 valence electrons. The summed E-state index contributed by atoms with van der Waals surface area (Å²) in [4.78, 5) is 5.42. The predicted octanol–water partition coefficient (Wildman–Crippen LogP) is 25.6. The molecule has 0 atom stereocenters. The molecule has 0 aliphatic carbocycles. The summed E-state index contributed by atoms with van der Waals surface area (Å²) in [5.41, 5.74) is 33.5. The summed E-state index contributed by atoms with van der Waals surface area (Å²) in [7, 11) is 0. The highest BCUT2D eigenvalue weighted by Crippen LogP contribution is 2.55. The number of nitrogens with zero attached hydrogens (tertiary/aromatic N) is 5. The van der Waals surface area contributed by atoms with Gasteiger partial charge in [0.2, 0.25) is 0 Å². The summed E-state index contributed by atoms with van der Waals surface area (Å²) in [6.07, 6.45) is 0. The van der Waals surface area contributed by atoms with Gasteiger partial charge in [-0.15, -0.1) is 0 Å². The lowest BCUT2D eigenvalue weighted by atomic mass is 9.33. The number of hydrogen-bond donors (Lipinski definition) is 0. The zero-order chi connectivity index (χ0) is 73.1. The highest BCUT2D eigenvalue weighted by atomic mass is 15.2. The lowest BCUT2D eigenvalue weighted by Gasteiger charge is -2.46. The second-order valence-corrected chi connectivity index (χ2v) is 32.9. The van der Waals surface area contributed by atoms with Crippen LogP contribution in [-0.4, -0.2) is 20.4 Å². The van der Waals surface area contributed by atoms with Gasteiger partial charge in [0.05, 0.1) is 44.5 Å². The van der Waals surface area contributed by atoms with Gasteiger partial charge in [0.25, 0.3) is 6.71 Å². The molecule has 0 spiro atoms. The Bertz CT molecular complexity index is 6470. The van der Waals surface area contributed by atoms with E-state index in [1.54, 1.807) is 0 Å². The number of anilines is 6. The maximum Gasteiger partial charge on any atom is 0.252 e. The molecule has 0 unspecified atom stereocenters. The van der Waals surface area contributed by atoms with Crippen molar-refractivity contribution in [3.8, 4) is 61.6 Å². The number of rotatable bonds is 9. The number of para-hydroxylation sites is 5. The Morgan fingerprint density at radius 1 is 0.222 bits per heavy atom. The fraction of sp³-hybridized carbons (Fsp3) is 0.118. The number of benzene rings is 15. The lowest BCUT2D eigenvalue weighted by Crippen LogP contribution is -2.61. The van der Waals surface area contributed by atoms with Gasteiger partial charge in [0.1, 0.15) is 0 Å². The highest BCUT2D eigenvalue weighted by Gasteiger charge is 2.46. The molecular formula is C102H82BN5. The Labute approximate surface area is 632 Å². The second kappa shape index (κ2) is 24.5. The van der Waals surface area contributed by atoms with Gasteiger partial charge in [-0.25, -0.2) is 0 Å². The maximum atomic E-state index is 2.71. The van der Waals surface area contributed by atoms with Gasteiger partial charge in [-0.3, -0.25) is 0 Å². The van der Waals surface area contributed by atoms with Gasteiger partial charge >= 0.3 is 0 Å². The summed E-state index contributed by atoms with van der Waals surface area (Å²) >= 11 is 0. The number of hydrogen-bond acceptors (Lipinski definition) is 2. The topological polar surface area (TPSA) is 21.3 Å². The summed E-state index contributed by atoms with van der Waals surface area (Å²) < 4.78 is 7.56. The van der Waals surface area contributed by atoms with E-state index in [1.165, 1.54) is 87.5 Å². The normalized spacial score (nSPS) is 13.0. The van der Waals surface area contributed by atoms with Crippen molar-refractivity contribution in [2.75, 3.05) is 9.80 Å². The van der Waals surface area contributed by atoms with Crippen molar-refractivity contribution in [3.05, 3.63) is 350 Å². The van der Waals surface area contributed by atoms with E-state index in [1.807, 2.05) is 0 Å². The van der Waals surface area contributed by atoms with Crippen molar-refractivity contribution in [2.24, 2.45) is 0 Å². The molecule has 20 rings (SSSR count). The molecular weight excluding hydrogens is 1310 g/mol. The van der Waals surface area contributed by atoms with Crippen LogP contribution < -0.4 is 26.2 Å². The quantitative estimate of drug-likeness (QED) is 0.134. The standard InChI is InChI=1S/C102H82BN5/c1-100(2,3)69-49-55-89-81(57-69)82-58-70(101(4,5)6)50-56-90(82)105(89)73-51-53-85-93(61-73)107(98-75(65-31-15-10-16-32-65)43-29-44-76(98)66-33-17-11-18-34-66)95-59-71(102(7,8)9)60-96-97(95)103(85)86-54-52-74(62-94(86)108(96)99-77(67-35-19-12-20-36-67)45-30-46-78(99)68-37-21-13-22-38-68)106-88-48-28-26-42-80(88)84-63-91-83(64-92(84)106)79-41-25-27-47-87(79)104(91)72-39-23-14-24-40-72/h10-64H,1-9H3. The van der Waals surface area contributed by atoms with Crippen molar-refractivity contribution in [3.63, 3.8) is 0 Å². The van der Waals surface area contributed by atoms with Gasteiger partial charge in [-0.05, 0) is 169 Å². The molecule has 0 radical (unpaired) electrons. The summed E-state index contributed by atoms with van der Waals surface area (Å²) in [6.45, 7) is 20.9. The highest BCUT2D eigenvalue weighted by molar-refractivity contribution is 7.00. The molecule has 5 nitrogen and oxygen atoms in total. The van der Waals surface area contributed by atoms with Crippen LogP contribution in [0.15, 0.2) is 334 Å². The number of fused-ring (bicyclic) bond motifs is 13. The van der Waals surface area contributed by atoms with Crippen molar-refractivity contribution in [1.82, 2.24) is 13.7 Å². The molecule has 2 aliphatic rings. The van der Waals surface area contributed by atoms with Gasteiger partial charge in [-0.1, -0.05) is 299 Å². The molecule has 108 heavy (non-hydrogen) atoms. The van der Waals surface area contributed by atoms with Crippen LogP contribution in [0.1, 0.15) is 79.0 Å². The van der Waals surface area contributed by atoms with Crippen molar-refractivity contribution in [2.45, 2.75) is 78.6 Å². The molecule has 0 fully saturated rings. The Morgan fingerprint density at radius 3 is 0.926 bits per heavy atom. The molecule has 3 aromatic heterocycles. The van der Waals surface area contributed by atoms with E-state index < -0.39 is 0 Å². The van der Waals surface area contributed by atoms with E-state index in [4.69, 9.17) is 0 Å². The fourth-order valence-corrected chi connectivity index (χ4v) is 17.9. The Kier molecular flexibility index (Phi) is 14.7. The minimum atomic E-state index is -0.330. The third kappa shape index (κ3) is 10.2. The summed E-state index contributed by atoms with van der Waals surface area (Å²) in [5.74, 6) is 0. The minimum absolute atomic E-state index is 0.0572. The Hall–Kier alpha value is -12.6. The van der Waals surface area contributed by atoms with E-state index in [9.17, 15) is 0 Å². The van der Waals surface area contributed by atoms with Crippen LogP contribution in [0.4, 0.5) is 34.1 Å². The van der Waals surface area contributed by atoms with Gasteiger partial charge < -0.3 is 23.5 Å². The monoisotopic (exact) mass is 1390 g/mol. The molecule has 6 heteroatoms. The smallest absolute Gasteiger partial charge is 0.252 e. The third-order valence-electron chi connectivity index (χ3n) is 23.3. The molecule has 5 heterocycles. The molecule has 0 amide bonds. The van der Waals surface area contributed by atoms with Gasteiger partial charge in [-0.2, -0.15) is 0 Å². The average Bonchev–Trinajstić information content (AvgIpc) is 0.769. The summed E-state index contributed by atoms with van der Waals surface area (Å²) in [5, 5.41) is 7.36. The van der Waals surface area contributed by atoms with E-state index in [2.05, 4.69) is 419 Å². The van der Waals surface area contributed by atoms with E-state index in [0.717, 1.165) is 107 Å². The van der Waals surface area contributed by atoms with Crippen molar-refractivity contribution < 1.29 is 0 Å². The van der Waals surface area contributed by atoms with E-state index in [0.29, 0.717) is 0 Å². The molecule has 0 saturated carbocycles. The first-order valence-corrected chi connectivity index (χ1v) is 38.2. The van der Waals surface area contributed by atoms with E-state index in [-0.39, 0.29) is 23.0 Å². The van der Waals surface area contributed by atoms with Crippen LogP contribution in [-0.2, 0) is 16.2 Å². The zero-order valence-corrected chi connectivity index (χ0v) is 62.6. The van der Waals surface area contributed by atoms with Crippen LogP contribution in [0, 0.1) is 0 Å². The first-order chi connectivity index (χ1) is 52.5.